The highest BCUT2D eigenvalue weighted by molar-refractivity contribution is 7.89. The lowest BCUT2D eigenvalue weighted by Gasteiger charge is -2.20. The van der Waals surface area contributed by atoms with Gasteiger partial charge in [-0.25, -0.2) is 17.9 Å². The van der Waals surface area contributed by atoms with Crippen molar-refractivity contribution in [1.82, 2.24) is 4.72 Å². The summed E-state index contributed by atoms with van der Waals surface area (Å²) in [7, 11) is -2.49. The first kappa shape index (κ1) is 19.6. The van der Waals surface area contributed by atoms with Gasteiger partial charge < -0.3 is 4.74 Å². The number of nitrogens with one attached hydrogen (secondary N) is 1. The molecule has 0 aliphatic heterocycles. The van der Waals surface area contributed by atoms with Crippen molar-refractivity contribution in [3.8, 4) is 0 Å². The van der Waals surface area contributed by atoms with Gasteiger partial charge in [-0.3, -0.25) is 0 Å². The van der Waals surface area contributed by atoms with Gasteiger partial charge in [-0.2, -0.15) is 0 Å². The molecule has 5 nitrogen and oxygen atoms in total. The van der Waals surface area contributed by atoms with Crippen LogP contribution in [0.1, 0.15) is 58.4 Å². The Morgan fingerprint density at radius 3 is 2.48 bits per heavy atom. The number of hydrogen-bond acceptors (Lipinski definition) is 4. The topological polar surface area (TPSA) is 72.5 Å². The van der Waals surface area contributed by atoms with Crippen LogP contribution in [0.2, 0.25) is 0 Å². The predicted molar refractivity (Wildman–Crippen MR) is 104 cm³/mol. The lowest BCUT2D eigenvalue weighted by atomic mass is 9.89. The molecular weight excluding hydrogens is 362 g/mol. The SMILES string of the molecule is COC(=O)c1cc(S(=O)(=O)N[C@H](C)c2ccc3c(c2)CCCC3)ccc1C. The molecule has 1 aliphatic carbocycles. The quantitative estimate of drug-likeness (QED) is 0.794. The summed E-state index contributed by atoms with van der Waals surface area (Å²) in [5.41, 5.74) is 4.54. The van der Waals surface area contributed by atoms with Crippen LogP contribution in [0.3, 0.4) is 0 Å². The Kier molecular flexibility index (Phi) is 5.67. The van der Waals surface area contributed by atoms with Gasteiger partial charge in [-0.05, 0) is 73.9 Å². The van der Waals surface area contributed by atoms with E-state index in [1.54, 1.807) is 13.0 Å². The number of rotatable bonds is 5. The molecule has 1 aliphatic rings. The van der Waals surface area contributed by atoms with Crippen LogP contribution in [0.15, 0.2) is 41.3 Å². The second kappa shape index (κ2) is 7.82. The minimum atomic E-state index is -3.77. The number of sulfonamides is 1. The fraction of sp³-hybridized carbons (Fsp3) is 0.381. The fourth-order valence-electron chi connectivity index (χ4n) is 3.49. The molecule has 0 radical (unpaired) electrons. The number of hydrogen-bond donors (Lipinski definition) is 1. The van der Waals surface area contributed by atoms with Gasteiger partial charge in [-0.15, -0.1) is 0 Å². The van der Waals surface area contributed by atoms with E-state index in [1.165, 1.54) is 43.2 Å². The van der Waals surface area contributed by atoms with E-state index in [9.17, 15) is 13.2 Å². The van der Waals surface area contributed by atoms with Crippen molar-refractivity contribution in [1.29, 1.82) is 0 Å². The molecular formula is C21H25NO4S. The van der Waals surface area contributed by atoms with Crippen LogP contribution in [-0.4, -0.2) is 21.5 Å². The number of fused-ring (bicyclic) bond motifs is 1. The molecule has 6 heteroatoms. The Balaban J connectivity index is 1.85. The van der Waals surface area contributed by atoms with Crippen LogP contribution < -0.4 is 4.72 Å². The van der Waals surface area contributed by atoms with Crippen molar-refractivity contribution < 1.29 is 17.9 Å². The van der Waals surface area contributed by atoms with Crippen molar-refractivity contribution >= 4 is 16.0 Å². The summed E-state index contributed by atoms with van der Waals surface area (Å²) in [4.78, 5) is 11.9. The Hall–Kier alpha value is -2.18. The maximum Gasteiger partial charge on any atom is 0.338 e. The van der Waals surface area contributed by atoms with Gasteiger partial charge >= 0.3 is 5.97 Å². The van der Waals surface area contributed by atoms with Crippen molar-refractivity contribution in [3.63, 3.8) is 0 Å². The van der Waals surface area contributed by atoms with Crippen LogP contribution >= 0.6 is 0 Å². The van der Waals surface area contributed by atoms with Crippen molar-refractivity contribution in [2.45, 2.75) is 50.5 Å². The van der Waals surface area contributed by atoms with E-state index >= 15 is 0 Å². The third kappa shape index (κ3) is 4.22. The van der Waals surface area contributed by atoms with E-state index in [0.29, 0.717) is 5.56 Å². The minimum Gasteiger partial charge on any atom is -0.465 e. The van der Waals surface area contributed by atoms with Crippen LogP contribution in [0, 0.1) is 6.92 Å². The molecule has 0 bridgehead atoms. The Bertz CT molecular complexity index is 966. The number of esters is 1. The highest BCUT2D eigenvalue weighted by Gasteiger charge is 2.22. The molecule has 0 saturated heterocycles. The molecule has 1 N–H and O–H groups in total. The summed E-state index contributed by atoms with van der Waals surface area (Å²) >= 11 is 0. The predicted octanol–water partition coefficient (Wildman–Crippen LogP) is 3.70. The van der Waals surface area contributed by atoms with Gasteiger partial charge in [0.05, 0.1) is 17.6 Å². The highest BCUT2D eigenvalue weighted by Crippen LogP contribution is 2.26. The molecule has 2 aromatic rings. The smallest absolute Gasteiger partial charge is 0.338 e. The standard InChI is InChI=1S/C21H25NO4S/c1-14-8-11-19(13-20(14)21(23)26-3)27(24,25)22-15(2)17-10-9-16-6-4-5-7-18(16)12-17/h8-13,15,22H,4-7H2,1-3H3/t15-/m1/s1. The van der Waals surface area contributed by atoms with Crippen LogP contribution in [0.4, 0.5) is 0 Å². The van der Waals surface area contributed by atoms with Crippen molar-refractivity contribution in [2.75, 3.05) is 7.11 Å². The van der Waals surface area contributed by atoms with E-state index in [0.717, 1.165) is 18.4 Å². The number of aryl methyl sites for hydroxylation is 3. The number of benzene rings is 2. The lowest BCUT2D eigenvalue weighted by molar-refractivity contribution is 0.0599. The first-order valence-electron chi connectivity index (χ1n) is 9.15. The molecule has 2 aromatic carbocycles. The summed E-state index contributed by atoms with van der Waals surface area (Å²) in [6.45, 7) is 3.57. The second-order valence-electron chi connectivity index (χ2n) is 7.05. The zero-order chi connectivity index (χ0) is 19.6. The molecule has 0 spiro atoms. The summed E-state index contributed by atoms with van der Waals surface area (Å²) in [6, 6.07) is 10.3. The zero-order valence-electron chi connectivity index (χ0n) is 15.9. The minimum absolute atomic E-state index is 0.0540. The monoisotopic (exact) mass is 387 g/mol. The Morgan fingerprint density at radius 2 is 1.78 bits per heavy atom. The maximum atomic E-state index is 12.8. The molecule has 0 saturated carbocycles. The van der Waals surface area contributed by atoms with Crippen LogP contribution in [0.5, 0.6) is 0 Å². The van der Waals surface area contributed by atoms with Gasteiger partial charge in [0, 0.05) is 6.04 Å². The molecule has 3 rings (SSSR count). The molecule has 144 valence electrons. The molecule has 0 aromatic heterocycles. The highest BCUT2D eigenvalue weighted by atomic mass is 32.2. The van der Waals surface area contributed by atoms with E-state index in [-0.39, 0.29) is 16.5 Å². The number of carbonyl (C=O) groups excluding carboxylic acids is 1. The summed E-state index contributed by atoms with van der Waals surface area (Å²) < 4.78 is 33.1. The summed E-state index contributed by atoms with van der Waals surface area (Å²) in [5.74, 6) is -0.549. The third-order valence-corrected chi connectivity index (χ3v) is 6.67. The Morgan fingerprint density at radius 1 is 1.07 bits per heavy atom. The largest absolute Gasteiger partial charge is 0.465 e. The first-order chi connectivity index (χ1) is 12.8. The van der Waals surface area contributed by atoms with Crippen molar-refractivity contribution in [3.05, 3.63) is 64.2 Å². The normalized spacial score (nSPS) is 15.1. The third-order valence-electron chi connectivity index (χ3n) is 5.13. The summed E-state index contributed by atoms with van der Waals surface area (Å²) in [6.07, 6.45) is 4.53. The zero-order valence-corrected chi connectivity index (χ0v) is 16.7. The van der Waals surface area contributed by atoms with Gasteiger partial charge in [-0.1, -0.05) is 24.3 Å². The molecule has 27 heavy (non-hydrogen) atoms. The summed E-state index contributed by atoms with van der Waals surface area (Å²) in [5, 5.41) is 0. The van der Waals surface area contributed by atoms with Gasteiger partial charge in [0.15, 0.2) is 0 Å². The average molecular weight is 388 g/mol. The van der Waals surface area contributed by atoms with Crippen LogP contribution in [0.25, 0.3) is 0 Å². The first-order valence-corrected chi connectivity index (χ1v) is 10.6. The average Bonchev–Trinajstić information content (AvgIpc) is 2.66. The van der Waals surface area contributed by atoms with Crippen molar-refractivity contribution in [2.24, 2.45) is 0 Å². The van der Waals surface area contributed by atoms with Gasteiger partial charge in [0.2, 0.25) is 10.0 Å². The molecule has 0 amide bonds. The number of methoxy groups -OCH3 is 1. The van der Waals surface area contributed by atoms with E-state index in [1.807, 2.05) is 13.0 Å². The van der Waals surface area contributed by atoms with E-state index < -0.39 is 16.0 Å². The molecule has 1 atom stereocenters. The van der Waals surface area contributed by atoms with Gasteiger partial charge in [0.25, 0.3) is 0 Å². The lowest BCUT2D eigenvalue weighted by Crippen LogP contribution is -2.27. The van der Waals surface area contributed by atoms with E-state index in [2.05, 4.69) is 16.9 Å². The maximum absolute atomic E-state index is 12.8. The molecule has 0 unspecified atom stereocenters. The van der Waals surface area contributed by atoms with Gasteiger partial charge in [0.1, 0.15) is 0 Å². The number of ether oxygens (including phenoxy) is 1. The van der Waals surface area contributed by atoms with E-state index in [4.69, 9.17) is 4.74 Å². The second-order valence-corrected chi connectivity index (χ2v) is 8.76. The fourth-order valence-corrected chi connectivity index (χ4v) is 4.75. The van der Waals surface area contributed by atoms with Crippen LogP contribution in [-0.2, 0) is 27.6 Å². The molecule has 0 heterocycles. The number of carbonyl (C=O) groups is 1. The Labute approximate surface area is 160 Å². The molecule has 0 fully saturated rings.